The first-order valence-electron chi connectivity index (χ1n) is 5.27. The van der Waals surface area contributed by atoms with Gasteiger partial charge in [-0.3, -0.25) is 4.98 Å². The number of aromatic nitrogens is 3. The van der Waals surface area contributed by atoms with Crippen LogP contribution in [0.25, 0.3) is 11.5 Å². The standard InChI is InChI=1S/C12H13FN4/c1-7-5-4-6-15-10(7)12-16-8(2)9(13)11(14-3)17-12/h4-6H,1-3H3,(H,14,16,17). The van der Waals surface area contributed by atoms with Gasteiger partial charge >= 0.3 is 0 Å². The van der Waals surface area contributed by atoms with E-state index in [9.17, 15) is 4.39 Å². The van der Waals surface area contributed by atoms with Gasteiger partial charge in [0.15, 0.2) is 17.5 Å². The first-order chi connectivity index (χ1) is 8.13. The molecule has 2 heterocycles. The van der Waals surface area contributed by atoms with Gasteiger partial charge in [-0.25, -0.2) is 14.4 Å². The normalized spacial score (nSPS) is 10.4. The van der Waals surface area contributed by atoms with Crippen LogP contribution in [0.15, 0.2) is 18.3 Å². The van der Waals surface area contributed by atoms with E-state index in [-0.39, 0.29) is 5.82 Å². The van der Waals surface area contributed by atoms with Crippen molar-refractivity contribution in [3.63, 3.8) is 0 Å². The third-order valence-electron chi connectivity index (χ3n) is 2.47. The van der Waals surface area contributed by atoms with Crippen molar-refractivity contribution in [3.05, 3.63) is 35.4 Å². The van der Waals surface area contributed by atoms with Crippen LogP contribution in [0.1, 0.15) is 11.3 Å². The zero-order chi connectivity index (χ0) is 12.4. The van der Waals surface area contributed by atoms with Crippen molar-refractivity contribution in [2.75, 3.05) is 12.4 Å². The molecule has 5 heteroatoms. The number of pyridine rings is 1. The average molecular weight is 232 g/mol. The van der Waals surface area contributed by atoms with Gasteiger partial charge < -0.3 is 5.32 Å². The third kappa shape index (κ3) is 2.08. The fourth-order valence-corrected chi connectivity index (χ4v) is 1.55. The van der Waals surface area contributed by atoms with Crippen molar-refractivity contribution in [2.24, 2.45) is 0 Å². The molecule has 0 atom stereocenters. The summed E-state index contributed by atoms with van der Waals surface area (Å²) in [5.74, 6) is 0.203. The third-order valence-corrected chi connectivity index (χ3v) is 2.47. The van der Waals surface area contributed by atoms with E-state index in [0.717, 1.165) is 5.56 Å². The minimum absolute atomic E-state index is 0.192. The van der Waals surface area contributed by atoms with Gasteiger partial charge in [0.2, 0.25) is 0 Å². The largest absolute Gasteiger partial charge is 0.371 e. The first kappa shape index (κ1) is 11.4. The second kappa shape index (κ2) is 4.45. The Morgan fingerprint density at radius 2 is 2.00 bits per heavy atom. The van der Waals surface area contributed by atoms with E-state index in [1.165, 1.54) is 0 Å². The van der Waals surface area contributed by atoms with Crippen molar-refractivity contribution in [1.82, 2.24) is 15.0 Å². The monoisotopic (exact) mass is 232 g/mol. The van der Waals surface area contributed by atoms with E-state index < -0.39 is 5.82 Å². The predicted molar refractivity (Wildman–Crippen MR) is 64.2 cm³/mol. The predicted octanol–water partition coefficient (Wildman–Crippen LogP) is 2.34. The summed E-state index contributed by atoms with van der Waals surface area (Å²) >= 11 is 0. The van der Waals surface area contributed by atoms with E-state index in [4.69, 9.17) is 0 Å². The maximum atomic E-state index is 13.6. The molecule has 0 radical (unpaired) electrons. The highest BCUT2D eigenvalue weighted by atomic mass is 19.1. The number of nitrogens with one attached hydrogen (secondary N) is 1. The summed E-state index contributed by atoms with van der Waals surface area (Å²) in [6.45, 7) is 3.53. The Morgan fingerprint density at radius 3 is 2.65 bits per heavy atom. The van der Waals surface area contributed by atoms with E-state index in [1.54, 1.807) is 20.2 Å². The second-order valence-electron chi connectivity index (χ2n) is 3.71. The molecule has 2 aromatic heterocycles. The van der Waals surface area contributed by atoms with E-state index in [1.807, 2.05) is 19.1 Å². The van der Waals surface area contributed by atoms with E-state index in [0.29, 0.717) is 17.2 Å². The van der Waals surface area contributed by atoms with Gasteiger partial charge in [0.05, 0.1) is 5.69 Å². The Hall–Kier alpha value is -2.04. The van der Waals surface area contributed by atoms with Gasteiger partial charge in [0, 0.05) is 13.2 Å². The maximum absolute atomic E-state index is 13.6. The molecule has 17 heavy (non-hydrogen) atoms. The van der Waals surface area contributed by atoms with E-state index >= 15 is 0 Å². The summed E-state index contributed by atoms with van der Waals surface area (Å²) in [5, 5.41) is 2.71. The van der Waals surface area contributed by atoms with Gasteiger partial charge in [0.25, 0.3) is 0 Å². The summed E-state index contributed by atoms with van der Waals surface area (Å²) in [5.41, 5.74) is 1.94. The summed E-state index contributed by atoms with van der Waals surface area (Å²) < 4.78 is 13.6. The highest BCUT2D eigenvalue weighted by Gasteiger charge is 2.13. The Balaban J connectivity index is 2.61. The van der Waals surface area contributed by atoms with Crippen LogP contribution in [0.5, 0.6) is 0 Å². The minimum Gasteiger partial charge on any atom is -0.371 e. The molecule has 0 spiro atoms. The van der Waals surface area contributed by atoms with Crippen LogP contribution in [-0.4, -0.2) is 22.0 Å². The molecule has 2 aromatic rings. The SMILES string of the molecule is CNc1nc(-c2ncccc2C)nc(C)c1F. The molecular formula is C12H13FN4. The number of rotatable bonds is 2. The lowest BCUT2D eigenvalue weighted by Crippen LogP contribution is -2.04. The number of aryl methyl sites for hydroxylation is 2. The molecule has 0 aliphatic heterocycles. The first-order valence-corrected chi connectivity index (χ1v) is 5.27. The van der Waals surface area contributed by atoms with Crippen molar-refractivity contribution in [2.45, 2.75) is 13.8 Å². The second-order valence-corrected chi connectivity index (χ2v) is 3.71. The molecule has 0 saturated carbocycles. The number of nitrogens with zero attached hydrogens (tertiary/aromatic N) is 3. The Bertz CT molecular complexity index is 554. The smallest absolute Gasteiger partial charge is 0.186 e. The Kier molecular flexibility index (Phi) is 2.99. The van der Waals surface area contributed by atoms with Crippen molar-refractivity contribution < 1.29 is 4.39 Å². The molecule has 0 bridgehead atoms. The van der Waals surface area contributed by atoms with Gasteiger partial charge in [-0.05, 0) is 25.5 Å². The van der Waals surface area contributed by atoms with Crippen LogP contribution < -0.4 is 5.32 Å². The summed E-state index contributed by atoms with van der Waals surface area (Å²) in [6.07, 6.45) is 1.67. The molecule has 1 N–H and O–H groups in total. The molecule has 0 unspecified atom stereocenters. The molecule has 0 aliphatic rings. The van der Waals surface area contributed by atoms with E-state index in [2.05, 4.69) is 20.3 Å². The van der Waals surface area contributed by atoms with Gasteiger partial charge in [-0.2, -0.15) is 0 Å². The Morgan fingerprint density at radius 1 is 1.24 bits per heavy atom. The lowest BCUT2D eigenvalue weighted by atomic mass is 10.2. The number of hydrogen-bond donors (Lipinski definition) is 1. The topological polar surface area (TPSA) is 50.7 Å². The van der Waals surface area contributed by atoms with Crippen LogP contribution in [0, 0.1) is 19.7 Å². The molecule has 0 aliphatic carbocycles. The molecule has 0 saturated heterocycles. The highest BCUT2D eigenvalue weighted by molar-refractivity contribution is 5.57. The quantitative estimate of drug-likeness (QED) is 0.863. The molecule has 0 fully saturated rings. The van der Waals surface area contributed by atoms with Crippen LogP contribution in [0.2, 0.25) is 0 Å². The summed E-state index contributed by atoms with van der Waals surface area (Å²) in [7, 11) is 1.62. The molecular weight excluding hydrogens is 219 g/mol. The molecule has 2 rings (SSSR count). The fourth-order valence-electron chi connectivity index (χ4n) is 1.55. The maximum Gasteiger partial charge on any atom is 0.186 e. The van der Waals surface area contributed by atoms with Crippen LogP contribution in [-0.2, 0) is 0 Å². The number of hydrogen-bond acceptors (Lipinski definition) is 4. The minimum atomic E-state index is -0.426. The molecule has 88 valence electrons. The summed E-state index contributed by atoms with van der Waals surface area (Å²) in [6, 6.07) is 3.76. The van der Waals surface area contributed by atoms with Crippen molar-refractivity contribution >= 4 is 5.82 Å². The van der Waals surface area contributed by atoms with Crippen molar-refractivity contribution in [3.8, 4) is 11.5 Å². The van der Waals surface area contributed by atoms with Crippen molar-refractivity contribution in [1.29, 1.82) is 0 Å². The highest BCUT2D eigenvalue weighted by Crippen LogP contribution is 2.21. The molecule has 0 aromatic carbocycles. The van der Waals surface area contributed by atoms with Gasteiger partial charge in [-0.15, -0.1) is 0 Å². The molecule has 0 amide bonds. The molecule has 4 nitrogen and oxygen atoms in total. The lowest BCUT2D eigenvalue weighted by molar-refractivity contribution is 0.607. The zero-order valence-corrected chi connectivity index (χ0v) is 9.95. The fraction of sp³-hybridized carbons (Fsp3) is 0.250. The van der Waals surface area contributed by atoms with Gasteiger partial charge in [0.1, 0.15) is 5.69 Å². The Labute approximate surface area is 99.0 Å². The average Bonchev–Trinajstić information content (AvgIpc) is 2.33. The van der Waals surface area contributed by atoms with Crippen LogP contribution >= 0.6 is 0 Å². The number of halogens is 1. The zero-order valence-electron chi connectivity index (χ0n) is 9.95. The van der Waals surface area contributed by atoms with Crippen LogP contribution in [0.4, 0.5) is 10.2 Å². The summed E-state index contributed by atoms with van der Waals surface area (Å²) in [4.78, 5) is 12.5. The number of anilines is 1. The van der Waals surface area contributed by atoms with Gasteiger partial charge in [-0.1, -0.05) is 6.07 Å². The van der Waals surface area contributed by atoms with Crippen LogP contribution in [0.3, 0.4) is 0 Å². The lowest BCUT2D eigenvalue weighted by Gasteiger charge is -2.08.